The molecule has 1 saturated carbocycles. The molecule has 0 spiro atoms. The van der Waals surface area contributed by atoms with Gasteiger partial charge in [0.25, 0.3) is 0 Å². The van der Waals surface area contributed by atoms with Gasteiger partial charge in [-0.15, -0.1) is 0 Å². The number of nitrogens with zero attached hydrogens (tertiary/aromatic N) is 2. The van der Waals surface area contributed by atoms with Crippen LogP contribution in [0, 0.1) is 17.2 Å². The van der Waals surface area contributed by atoms with E-state index in [0.717, 1.165) is 56.3 Å². The van der Waals surface area contributed by atoms with Crippen LogP contribution in [-0.2, 0) is 18.0 Å². The van der Waals surface area contributed by atoms with Gasteiger partial charge in [-0.1, -0.05) is 48.9 Å². The van der Waals surface area contributed by atoms with Crippen molar-refractivity contribution >= 4 is 0 Å². The van der Waals surface area contributed by atoms with E-state index in [1.165, 1.54) is 17.7 Å². The quantitative estimate of drug-likeness (QED) is 0.373. The van der Waals surface area contributed by atoms with Crippen LogP contribution in [0.1, 0.15) is 69.6 Å². The molecular weight excluding hydrogens is 421 g/mol. The minimum atomic E-state index is -4.37. The highest BCUT2D eigenvalue weighted by Gasteiger charge is 2.44. The van der Waals surface area contributed by atoms with Crippen LogP contribution in [0.3, 0.4) is 0 Å². The summed E-state index contributed by atoms with van der Waals surface area (Å²) in [6.07, 6.45) is 1.10. The van der Waals surface area contributed by atoms with Gasteiger partial charge in [0.1, 0.15) is 0 Å². The lowest BCUT2D eigenvalue weighted by Crippen LogP contribution is -2.43. The summed E-state index contributed by atoms with van der Waals surface area (Å²) in [6, 6.07) is 19.0. The standard InChI is InChI=1S/C28H35F3N2/c1-21(2)33(19-17-23-8-5-4-6-9-23)22(3)16-18-27(20-32,24-10-7-11-24)25-12-14-26(15-13-25)28(29,30)31/h4-6,8-9,12-15,21-22,24H,7,10-11,16-19H2,1-3H3. The Balaban J connectivity index is 1.75. The molecule has 2 nitrogen and oxygen atoms in total. The van der Waals surface area contributed by atoms with Crippen LogP contribution in [0.5, 0.6) is 0 Å². The van der Waals surface area contributed by atoms with Gasteiger partial charge in [-0.2, -0.15) is 18.4 Å². The number of rotatable bonds is 10. The predicted molar refractivity (Wildman–Crippen MR) is 127 cm³/mol. The van der Waals surface area contributed by atoms with E-state index in [-0.39, 0.29) is 12.0 Å². The van der Waals surface area contributed by atoms with Crippen LogP contribution in [-0.4, -0.2) is 23.5 Å². The number of alkyl halides is 3. The smallest absolute Gasteiger partial charge is 0.298 e. The maximum Gasteiger partial charge on any atom is 0.416 e. The van der Waals surface area contributed by atoms with E-state index in [0.29, 0.717) is 12.5 Å². The summed E-state index contributed by atoms with van der Waals surface area (Å²) in [5.74, 6) is 0.211. The summed E-state index contributed by atoms with van der Waals surface area (Å²) < 4.78 is 39.2. The van der Waals surface area contributed by atoms with E-state index < -0.39 is 17.2 Å². The first kappa shape index (κ1) is 25.3. The number of benzene rings is 2. The Morgan fingerprint density at radius 1 is 0.970 bits per heavy atom. The zero-order valence-electron chi connectivity index (χ0n) is 19.9. The van der Waals surface area contributed by atoms with Gasteiger partial charge in [-0.25, -0.2) is 0 Å². The molecule has 1 aliphatic rings. The van der Waals surface area contributed by atoms with Gasteiger partial charge in [0.2, 0.25) is 0 Å². The highest BCUT2D eigenvalue weighted by atomic mass is 19.4. The van der Waals surface area contributed by atoms with Crippen molar-refractivity contribution < 1.29 is 13.2 Å². The van der Waals surface area contributed by atoms with E-state index in [1.807, 2.05) is 6.07 Å². The average molecular weight is 457 g/mol. The van der Waals surface area contributed by atoms with Crippen molar-refractivity contribution in [3.8, 4) is 6.07 Å². The third kappa shape index (κ3) is 5.98. The first-order valence-electron chi connectivity index (χ1n) is 12.1. The van der Waals surface area contributed by atoms with Gasteiger partial charge >= 0.3 is 6.18 Å². The second kappa shape index (κ2) is 10.7. The Morgan fingerprint density at radius 2 is 1.58 bits per heavy atom. The van der Waals surface area contributed by atoms with Crippen LogP contribution in [0.25, 0.3) is 0 Å². The summed E-state index contributed by atoms with van der Waals surface area (Å²) in [5, 5.41) is 10.3. The molecule has 178 valence electrons. The summed E-state index contributed by atoms with van der Waals surface area (Å²) in [4.78, 5) is 2.47. The molecular formula is C28H35F3N2. The average Bonchev–Trinajstić information content (AvgIpc) is 2.75. The van der Waals surface area contributed by atoms with Gasteiger partial charge < -0.3 is 0 Å². The molecule has 0 amide bonds. The summed E-state index contributed by atoms with van der Waals surface area (Å²) in [5.41, 5.74) is 0.654. The molecule has 3 rings (SSSR count). The molecule has 0 heterocycles. The minimum Gasteiger partial charge on any atom is -0.298 e. The van der Waals surface area contributed by atoms with Crippen LogP contribution in [0.4, 0.5) is 13.2 Å². The molecule has 0 radical (unpaired) electrons. The van der Waals surface area contributed by atoms with Crippen LogP contribution in [0.2, 0.25) is 0 Å². The SMILES string of the molecule is CC(C)N(CCc1ccccc1)C(C)CCC(C#N)(c1ccc(C(F)(F)F)cc1)C1CCC1. The van der Waals surface area contributed by atoms with Crippen molar-refractivity contribution in [2.24, 2.45) is 5.92 Å². The minimum absolute atomic E-state index is 0.211. The molecule has 5 heteroatoms. The Hall–Kier alpha value is -2.32. The summed E-state index contributed by atoms with van der Waals surface area (Å²) in [7, 11) is 0. The lowest BCUT2D eigenvalue weighted by Gasteiger charge is -2.42. The van der Waals surface area contributed by atoms with Crippen molar-refractivity contribution in [2.45, 2.75) is 83.0 Å². The molecule has 0 N–H and O–H groups in total. The Kier molecular flexibility index (Phi) is 8.23. The molecule has 0 aliphatic heterocycles. The summed E-state index contributed by atoms with van der Waals surface area (Å²) in [6.45, 7) is 7.54. The molecule has 33 heavy (non-hydrogen) atoms. The maximum absolute atomic E-state index is 13.1. The van der Waals surface area contributed by atoms with Gasteiger partial charge in [-0.3, -0.25) is 4.90 Å². The zero-order chi connectivity index (χ0) is 24.1. The first-order chi connectivity index (χ1) is 15.7. The van der Waals surface area contributed by atoms with E-state index in [4.69, 9.17) is 0 Å². The Morgan fingerprint density at radius 3 is 2.06 bits per heavy atom. The molecule has 0 saturated heterocycles. The normalized spacial score (nSPS) is 17.4. The molecule has 1 fully saturated rings. The molecule has 2 atom stereocenters. The molecule has 2 aromatic rings. The van der Waals surface area contributed by atoms with Crippen molar-refractivity contribution in [3.63, 3.8) is 0 Å². The monoisotopic (exact) mass is 456 g/mol. The van der Waals surface area contributed by atoms with Gasteiger partial charge in [0.15, 0.2) is 0 Å². The Bertz CT molecular complexity index is 911. The lowest BCUT2D eigenvalue weighted by molar-refractivity contribution is -0.137. The summed E-state index contributed by atoms with van der Waals surface area (Å²) >= 11 is 0. The number of nitriles is 1. The fourth-order valence-corrected chi connectivity index (χ4v) is 5.15. The fraction of sp³-hybridized carbons (Fsp3) is 0.536. The largest absolute Gasteiger partial charge is 0.416 e. The second-order valence-corrected chi connectivity index (χ2v) is 9.74. The van der Waals surface area contributed by atoms with E-state index in [2.05, 4.69) is 56.0 Å². The molecule has 2 aromatic carbocycles. The number of halogens is 3. The predicted octanol–water partition coefficient (Wildman–Crippen LogP) is 7.39. The van der Waals surface area contributed by atoms with E-state index in [1.54, 1.807) is 0 Å². The van der Waals surface area contributed by atoms with Gasteiger partial charge in [0, 0.05) is 18.6 Å². The highest BCUT2D eigenvalue weighted by Crippen LogP contribution is 2.47. The topological polar surface area (TPSA) is 27.0 Å². The van der Waals surface area contributed by atoms with Crippen LogP contribution < -0.4 is 0 Å². The van der Waals surface area contributed by atoms with E-state index in [9.17, 15) is 18.4 Å². The molecule has 0 bridgehead atoms. The third-order valence-corrected chi connectivity index (χ3v) is 7.42. The molecule has 2 unspecified atom stereocenters. The van der Waals surface area contributed by atoms with Crippen molar-refractivity contribution in [2.75, 3.05) is 6.54 Å². The molecule has 0 aromatic heterocycles. The molecule has 1 aliphatic carbocycles. The van der Waals surface area contributed by atoms with Crippen molar-refractivity contribution in [1.29, 1.82) is 5.26 Å². The first-order valence-corrected chi connectivity index (χ1v) is 12.1. The van der Waals surface area contributed by atoms with Crippen molar-refractivity contribution in [3.05, 3.63) is 71.3 Å². The highest BCUT2D eigenvalue weighted by molar-refractivity contribution is 5.37. The fourth-order valence-electron chi connectivity index (χ4n) is 5.15. The lowest BCUT2D eigenvalue weighted by atomic mass is 9.60. The Labute approximate surface area is 196 Å². The van der Waals surface area contributed by atoms with Gasteiger partial charge in [0.05, 0.1) is 17.0 Å². The second-order valence-electron chi connectivity index (χ2n) is 9.74. The van der Waals surface area contributed by atoms with Crippen molar-refractivity contribution in [1.82, 2.24) is 4.90 Å². The maximum atomic E-state index is 13.1. The van der Waals surface area contributed by atoms with Crippen LogP contribution >= 0.6 is 0 Å². The van der Waals surface area contributed by atoms with Crippen LogP contribution in [0.15, 0.2) is 54.6 Å². The zero-order valence-corrected chi connectivity index (χ0v) is 19.9. The van der Waals surface area contributed by atoms with Gasteiger partial charge in [-0.05, 0) is 82.1 Å². The third-order valence-electron chi connectivity index (χ3n) is 7.42. The van der Waals surface area contributed by atoms with E-state index >= 15 is 0 Å². The number of hydrogen-bond donors (Lipinski definition) is 0. The number of hydrogen-bond acceptors (Lipinski definition) is 2.